The largest absolute Gasteiger partial charge is 0.346 e. The second-order valence-corrected chi connectivity index (χ2v) is 5.09. The van der Waals surface area contributed by atoms with Crippen molar-refractivity contribution in [2.24, 2.45) is 0 Å². The lowest BCUT2D eigenvalue weighted by Crippen LogP contribution is -2.25. The summed E-state index contributed by atoms with van der Waals surface area (Å²) in [6, 6.07) is 10.4. The molecule has 0 spiro atoms. The lowest BCUT2D eigenvalue weighted by Gasteiger charge is -2.13. The first-order chi connectivity index (χ1) is 10.5. The minimum Gasteiger partial charge on any atom is -0.346 e. The number of halogens is 2. The van der Waals surface area contributed by atoms with Gasteiger partial charge in [-0.3, -0.25) is 4.79 Å². The van der Waals surface area contributed by atoms with E-state index in [9.17, 15) is 13.6 Å². The molecule has 0 saturated carbocycles. The van der Waals surface area contributed by atoms with E-state index in [0.717, 1.165) is 17.2 Å². The van der Waals surface area contributed by atoms with E-state index in [1.165, 1.54) is 18.2 Å². The molecule has 1 unspecified atom stereocenters. The Kier molecular flexibility index (Phi) is 5.04. The van der Waals surface area contributed by atoms with E-state index in [1.54, 1.807) is 13.0 Å². The van der Waals surface area contributed by atoms with Crippen LogP contribution in [0, 0.1) is 18.6 Å². The average Bonchev–Trinajstić information content (AvgIpc) is 2.46. The van der Waals surface area contributed by atoms with Crippen LogP contribution in [0.2, 0.25) is 0 Å². The zero-order valence-corrected chi connectivity index (χ0v) is 12.4. The van der Waals surface area contributed by atoms with Crippen molar-refractivity contribution in [3.05, 3.63) is 76.9 Å². The highest BCUT2D eigenvalue weighted by molar-refractivity contribution is 5.92. The minimum absolute atomic E-state index is 0.249. The number of nitrogens with one attached hydrogen (secondary N) is 1. The predicted octanol–water partition coefficient (Wildman–Crippen LogP) is 4.16. The fourth-order valence-corrected chi connectivity index (χ4v) is 2.13. The summed E-state index contributed by atoms with van der Waals surface area (Å²) in [7, 11) is 0. The highest BCUT2D eigenvalue weighted by Gasteiger charge is 2.13. The molecule has 1 N–H and O–H groups in total. The molecule has 0 aliphatic carbocycles. The van der Waals surface area contributed by atoms with E-state index in [0.29, 0.717) is 0 Å². The van der Waals surface area contributed by atoms with Gasteiger partial charge in [-0.05, 0) is 37.1 Å². The number of hydrogen-bond acceptors (Lipinski definition) is 1. The molecular formula is C18H17F2NO. The van der Waals surface area contributed by atoms with Crippen molar-refractivity contribution in [2.75, 3.05) is 0 Å². The van der Waals surface area contributed by atoms with Gasteiger partial charge in [0.1, 0.15) is 11.6 Å². The van der Waals surface area contributed by atoms with Crippen LogP contribution in [0.1, 0.15) is 29.7 Å². The Labute approximate surface area is 128 Å². The fourth-order valence-electron chi connectivity index (χ4n) is 2.13. The Bertz CT molecular complexity index is 710. The fraction of sp³-hybridized carbons (Fsp3) is 0.167. The highest BCUT2D eigenvalue weighted by Crippen LogP contribution is 2.17. The molecular weight excluding hydrogens is 284 g/mol. The average molecular weight is 301 g/mol. The normalized spacial score (nSPS) is 12.4. The third kappa shape index (κ3) is 4.01. The van der Waals surface area contributed by atoms with Crippen LogP contribution in [0.25, 0.3) is 6.08 Å². The number of amides is 1. The van der Waals surface area contributed by atoms with Crippen LogP contribution in [-0.4, -0.2) is 5.91 Å². The minimum atomic E-state index is -0.671. The van der Waals surface area contributed by atoms with Gasteiger partial charge in [0.15, 0.2) is 0 Å². The lowest BCUT2D eigenvalue weighted by atomic mass is 10.1. The summed E-state index contributed by atoms with van der Waals surface area (Å²) in [4.78, 5) is 11.9. The number of benzene rings is 2. The molecule has 0 bridgehead atoms. The van der Waals surface area contributed by atoms with Gasteiger partial charge in [-0.2, -0.15) is 0 Å². The van der Waals surface area contributed by atoms with Gasteiger partial charge < -0.3 is 5.32 Å². The van der Waals surface area contributed by atoms with Gasteiger partial charge in [-0.15, -0.1) is 0 Å². The number of carbonyl (C=O) groups excluding carboxylic acids is 1. The quantitative estimate of drug-likeness (QED) is 0.844. The van der Waals surface area contributed by atoms with Gasteiger partial charge in [0.05, 0.1) is 6.04 Å². The first-order valence-electron chi connectivity index (χ1n) is 6.96. The van der Waals surface area contributed by atoms with Crippen molar-refractivity contribution in [2.45, 2.75) is 19.9 Å². The summed E-state index contributed by atoms with van der Waals surface area (Å²) >= 11 is 0. The molecule has 1 amide bonds. The monoisotopic (exact) mass is 301 g/mol. The second-order valence-electron chi connectivity index (χ2n) is 5.09. The smallest absolute Gasteiger partial charge is 0.244 e. The molecule has 2 aromatic rings. The second kappa shape index (κ2) is 6.98. The maximum Gasteiger partial charge on any atom is 0.244 e. The summed E-state index contributed by atoms with van der Waals surface area (Å²) in [5.41, 5.74) is 2.25. The van der Waals surface area contributed by atoms with Crippen LogP contribution in [0.3, 0.4) is 0 Å². The van der Waals surface area contributed by atoms with E-state index < -0.39 is 17.7 Å². The van der Waals surface area contributed by atoms with Crippen LogP contribution >= 0.6 is 0 Å². The Morgan fingerprint density at radius 2 is 1.91 bits per heavy atom. The molecule has 2 rings (SSSR count). The molecule has 0 aromatic heterocycles. The van der Waals surface area contributed by atoms with Gasteiger partial charge in [-0.25, -0.2) is 8.78 Å². The number of hydrogen-bond donors (Lipinski definition) is 1. The van der Waals surface area contributed by atoms with Crippen molar-refractivity contribution in [3.8, 4) is 0 Å². The summed E-state index contributed by atoms with van der Waals surface area (Å²) in [6.07, 6.45) is 3.11. The first kappa shape index (κ1) is 15.9. The van der Waals surface area contributed by atoms with Crippen LogP contribution < -0.4 is 5.32 Å². The summed E-state index contributed by atoms with van der Waals surface area (Å²) < 4.78 is 26.5. The highest BCUT2D eigenvalue weighted by atomic mass is 19.1. The predicted molar refractivity (Wildman–Crippen MR) is 83.1 cm³/mol. The molecule has 22 heavy (non-hydrogen) atoms. The third-order valence-electron chi connectivity index (χ3n) is 3.39. The molecule has 0 aliphatic rings. The lowest BCUT2D eigenvalue weighted by molar-refractivity contribution is -0.117. The number of aryl methyl sites for hydroxylation is 1. The molecule has 0 radical (unpaired) electrons. The molecule has 0 fully saturated rings. The van der Waals surface area contributed by atoms with Crippen LogP contribution in [0.4, 0.5) is 8.78 Å². The van der Waals surface area contributed by atoms with Gasteiger partial charge in [0.2, 0.25) is 5.91 Å². The third-order valence-corrected chi connectivity index (χ3v) is 3.39. The van der Waals surface area contributed by atoms with Crippen LogP contribution in [0.15, 0.2) is 48.5 Å². The van der Waals surface area contributed by atoms with Crippen molar-refractivity contribution < 1.29 is 13.6 Å². The van der Waals surface area contributed by atoms with Gasteiger partial charge >= 0.3 is 0 Å². The molecule has 0 aliphatic heterocycles. The van der Waals surface area contributed by atoms with Gasteiger partial charge in [0, 0.05) is 17.7 Å². The van der Waals surface area contributed by atoms with Gasteiger partial charge in [0.25, 0.3) is 0 Å². The van der Waals surface area contributed by atoms with E-state index in [2.05, 4.69) is 5.32 Å². The molecule has 2 aromatic carbocycles. The molecule has 0 heterocycles. The maximum atomic E-state index is 13.6. The van der Waals surface area contributed by atoms with Crippen molar-refractivity contribution in [1.29, 1.82) is 0 Å². The SMILES string of the molecule is Cc1ccccc1/C=C/C(=O)NC(C)c1ccc(F)cc1F. The topological polar surface area (TPSA) is 29.1 Å². The van der Waals surface area contributed by atoms with E-state index in [4.69, 9.17) is 0 Å². The Hall–Kier alpha value is -2.49. The van der Waals surface area contributed by atoms with Gasteiger partial charge in [-0.1, -0.05) is 30.3 Å². The first-order valence-corrected chi connectivity index (χ1v) is 6.96. The molecule has 4 heteroatoms. The Balaban J connectivity index is 2.04. The molecule has 1 atom stereocenters. The zero-order valence-electron chi connectivity index (χ0n) is 12.4. The van der Waals surface area contributed by atoms with Crippen LogP contribution in [-0.2, 0) is 4.79 Å². The molecule has 2 nitrogen and oxygen atoms in total. The number of carbonyl (C=O) groups is 1. The van der Waals surface area contributed by atoms with Crippen LogP contribution in [0.5, 0.6) is 0 Å². The zero-order chi connectivity index (χ0) is 16.1. The standard InChI is InChI=1S/C18H17F2NO/c1-12-5-3-4-6-14(12)7-10-18(22)21-13(2)16-9-8-15(19)11-17(16)20/h3-11,13H,1-2H3,(H,21,22)/b10-7+. The summed E-state index contributed by atoms with van der Waals surface area (Å²) in [6.45, 7) is 3.60. The van der Waals surface area contributed by atoms with E-state index in [-0.39, 0.29) is 11.5 Å². The maximum absolute atomic E-state index is 13.6. The summed E-state index contributed by atoms with van der Waals surface area (Å²) in [5, 5.41) is 2.66. The van der Waals surface area contributed by atoms with Crippen molar-refractivity contribution >= 4 is 12.0 Å². The number of rotatable bonds is 4. The molecule has 0 saturated heterocycles. The Morgan fingerprint density at radius 1 is 1.18 bits per heavy atom. The van der Waals surface area contributed by atoms with E-state index >= 15 is 0 Å². The van der Waals surface area contributed by atoms with E-state index in [1.807, 2.05) is 31.2 Å². The van der Waals surface area contributed by atoms with Crippen molar-refractivity contribution in [1.82, 2.24) is 5.32 Å². The Morgan fingerprint density at radius 3 is 2.59 bits per heavy atom. The summed E-state index contributed by atoms with van der Waals surface area (Å²) in [5.74, 6) is -1.64. The van der Waals surface area contributed by atoms with Crippen molar-refractivity contribution in [3.63, 3.8) is 0 Å². The molecule has 114 valence electrons.